The maximum atomic E-state index is 4.56. The van der Waals surface area contributed by atoms with Crippen LogP contribution in [0.25, 0.3) is 0 Å². The van der Waals surface area contributed by atoms with Crippen molar-refractivity contribution in [2.45, 2.75) is 38.5 Å². The van der Waals surface area contributed by atoms with Gasteiger partial charge in [0.25, 0.3) is 0 Å². The molecule has 3 nitrogen and oxygen atoms in total. The van der Waals surface area contributed by atoms with Gasteiger partial charge >= 0.3 is 0 Å². The van der Waals surface area contributed by atoms with Crippen LogP contribution in [0.4, 0.5) is 5.69 Å². The fourth-order valence-electron chi connectivity index (χ4n) is 2.96. The topological polar surface area (TPSA) is 27.6 Å². The Balaban J connectivity index is 1.66. The average Bonchev–Trinajstić information content (AvgIpc) is 2.55. The van der Waals surface area contributed by atoms with Crippen molar-refractivity contribution in [3.8, 4) is 0 Å². The summed E-state index contributed by atoms with van der Waals surface area (Å²) < 4.78 is 0. The standard InChI is InChI=1S/C17H23N3/c1-3-8-15(9-4-1)18-19-16-10-7-11-17(14-16)20-12-5-2-6-13-20/h1,3-4,8-9,14,18H,2,5-7,10-13H2/b19-16-. The Hall–Kier alpha value is -1.77. The normalized spacial score (nSPS) is 21.7. The first-order valence-electron chi connectivity index (χ1n) is 7.75. The van der Waals surface area contributed by atoms with Crippen LogP contribution in [0.15, 0.2) is 47.2 Å². The first-order chi connectivity index (χ1) is 9.92. The van der Waals surface area contributed by atoms with Crippen LogP contribution < -0.4 is 5.43 Å². The highest BCUT2D eigenvalue weighted by Crippen LogP contribution is 2.23. The molecule has 1 fully saturated rings. The van der Waals surface area contributed by atoms with E-state index in [1.54, 1.807) is 0 Å². The van der Waals surface area contributed by atoms with E-state index in [1.165, 1.54) is 56.6 Å². The molecule has 0 bridgehead atoms. The lowest BCUT2D eigenvalue weighted by Crippen LogP contribution is -2.30. The molecule has 1 saturated heterocycles. The molecule has 0 aromatic heterocycles. The number of hydrogen-bond acceptors (Lipinski definition) is 3. The maximum Gasteiger partial charge on any atom is 0.0624 e. The van der Waals surface area contributed by atoms with E-state index in [0.717, 1.165) is 12.1 Å². The van der Waals surface area contributed by atoms with Gasteiger partial charge in [0.1, 0.15) is 0 Å². The molecule has 1 heterocycles. The van der Waals surface area contributed by atoms with Crippen LogP contribution in [0.3, 0.4) is 0 Å². The van der Waals surface area contributed by atoms with E-state index >= 15 is 0 Å². The maximum absolute atomic E-state index is 4.56. The number of benzene rings is 1. The Morgan fingerprint density at radius 3 is 2.50 bits per heavy atom. The number of hydrazone groups is 1. The van der Waals surface area contributed by atoms with Gasteiger partial charge in [0.05, 0.1) is 11.4 Å². The van der Waals surface area contributed by atoms with E-state index in [4.69, 9.17) is 0 Å². The minimum absolute atomic E-state index is 1.05. The highest BCUT2D eigenvalue weighted by molar-refractivity contribution is 5.96. The Morgan fingerprint density at radius 1 is 0.900 bits per heavy atom. The summed E-state index contributed by atoms with van der Waals surface area (Å²) in [4.78, 5) is 2.56. The molecule has 1 aliphatic heterocycles. The van der Waals surface area contributed by atoms with Crippen LogP contribution in [0, 0.1) is 0 Å². The predicted molar refractivity (Wildman–Crippen MR) is 84.9 cm³/mol. The van der Waals surface area contributed by atoms with Crippen LogP contribution in [0.2, 0.25) is 0 Å². The van der Waals surface area contributed by atoms with E-state index in [2.05, 4.69) is 21.5 Å². The first kappa shape index (κ1) is 13.2. The molecule has 106 valence electrons. The largest absolute Gasteiger partial charge is 0.375 e. The number of allylic oxidation sites excluding steroid dienone is 2. The lowest BCUT2D eigenvalue weighted by atomic mass is 10.00. The molecule has 0 radical (unpaired) electrons. The lowest BCUT2D eigenvalue weighted by Gasteiger charge is -2.32. The Bertz CT molecular complexity index is 484. The van der Waals surface area contributed by atoms with Crippen molar-refractivity contribution >= 4 is 11.4 Å². The van der Waals surface area contributed by atoms with Crippen molar-refractivity contribution in [1.82, 2.24) is 4.90 Å². The summed E-state index contributed by atoms with van der Waals surface area (Å²) in [5.41, 5.74) is 6.89. The second-order valence-corrected chi connectivity index (χ2v) is 5.62. The molecule has 3 rings (SSSR count). The molecule has 0 spiro atoms. The number of piperidine rings is 1. The zero-order valence-corrected chi connectivity index (χ0v) is 12.0. The molecule has 2 aliphatic rings. The van der Waals surface area contributed by atoms with Gasteiger partial charge in [0.2, 0.25) is 0 Å². The summed E-state index contributed by atoms with van der Waals surface area (Å²) in [6, 6.07) is 10.2. The summed E-state index contributed by atoms with van der Waals surface area (Å²) >= 11 is 0. The van der Waals surface area contributed by atoms with Gasteiger partial charge in [-0.15, -0.1) is 0 Å². The van der Waals surface area contributed by atoms with Gasteiger partial charge < -0.3 is 4.90 Å². The minimum Gasteiger partial charge on any atom is -0.375 e. The van der Waals surface area contributed by atoms with Crippen molar-refractivity contribution in [2.24, 2.45) is 5.10 Å². The number of nitrogens with zero attached hydrogens (tertiary/aromatic N) is 2. The Kier molecular flexibility index (Phi) is 4.36. The van der Waals surface area contributed by atoms with Crippen molar-refractivity contribution < 1.29 is 0 Å². The van der Waals surface area contributed by atoms with Crippen LogP contribution in [0.1, 0.15) is 38.5 Å². The molecule has 3 heteroatoms. The molecule has 1 aromatic rings. The average molecular weight is 269 g/mol. The first-order valence-corrected chi connectivity index (χ1v) is 7.75. The van der Waals surface area contributed by atoms with Crippen molar-refractivity contribution in [3.63, 3.8) is 0 Å². The van der Waals surface area contributed by atoms with Gasteiger partial charge in [0.15, 0.2) is 0 Å². The quantitative estimate of drug-likeness (QED) is 0.840. The number of likely N-dealkylation sites (tertiary alicyclic amines) is 1. The van der Waals surface area contributed by atoms with Crippen molar-refractivity contribution in [3.05, 3.63) is 42.1 Å². The van der Waals surface area contributed by atoms with Crippen molar-refractivity contribution in [1.29, 1.82) is 0 Å². The van der Waals surface area contributed by atoms with Gasteiger partial charge in [0, 0.05) is 18.8 Å². The van der Waals surface area contributed by atoms with Crippen LogP contribution in [-0.2, 0) is 0 Å². The molecule has 1 N–H and O–H groups in total. The molecule has 0 amide bonds. The number of anilines is 1. The van der Waals surface area contributed by atoms with Crippen LogP contribution >= 0.6 is 0 Å². The van der Waals surface area contributed by atoms with E-state index in [1.807, 2.05) is 30.3 Å². The number of hydrogen-bond donors (Lipinski definition) is 1. The summed E-state index contributed by atoms with van der Waals surface area (Å²) in [5.74, 6) is 0. The molecule has 0 atom stereocenters. The van der Waals surface area contributed by atoms with Gasteiger partial charge in [-0.3, -0.25) is 5.43 Å². The molecular formula is C17H23N3. The van der Waals surface area contributed by atoms with Crippen LogP contribution in [-0.4, -0.2) is 23.7 Å². The predicted octanol–water partition coefficient (Wildman–Crippen LogP) is 4.01. The van der Waals surface area contributed by atoms with Crippen LogP contribution in [0.5, 0.6) is 0 Å². The summed E-state index contributed by atoms with van der Waals surface area (Å²) in [6.07, 6.45) is 9.88. The summed E-state index contributed by atoms with van der Waals surface area (Å²) in [6.45, 7) is 2.45. The molecule has 1 aliphatic carbocycles. The SMILES string of the molecule is C1=C(N2CCCCC2)CCC/C1=N/Nc1ccccc1. The number of nitrogens with one attached hydrogen (secondary N) is 1. The fraction of sp³-hybridized carbons (Fsp3) is 0.471. The highest BCUT2D eigenvalue weighted by atomic mass is 15.3. The second kappa shape index (κ2) is 6.60. The van der Waals surface area contributed by atoms with Gasteiger partial charge in [-0.1, -0.05) is 18.2 Å². The number of para-hydroxylation sites is 1. The smallest absolute Gasteiger partial charge is 0.0624 e. The third kappa shape index (κ3) is 3.41. The third-order valence-electron chi connectivity index (χ3n) is 4.06. The third-order valence-corrected chi connectivity index (χ3v) is 4.06. The number of rotatable bonds is 3. The zero-order chi connectivity index (χ0) is 13.6. The van der Waals surface area contributed by atoms with Gasteiger partial charge in [-0.05, 0) is 56.7 Å². The highest BCUT2D eigenvalue weighted by Gasteiger charge is 2.17. The lowest BCUT2D eigenvalue weighted by molar-refractivity contribution is 0.275. The van der Waals surface area contributed by atoms with E-state index in [-0.39, 0.29) is 0 Å². The molecule has 0 unspecified atom stereocenters. The molecule has 20 heavy (non-hydrogen) atoms. The Morgan fingerprint density at radius 2 is 1.70 bits per heavy atom. The summed E-state index contributed by atoms with van der Waals surface area (Å²) in [7, 11) is 0. The Labute approximate surface area is 121 Å². The van der Waals surface area contributed by atoms with E-state index < -0.39 is 0 Å². The zero-order valence-electron chi connectivity index (χ0n) is 12.0. The van der Waals surface area contributed by atoms with E-state index in [0.29, 0.717) is 0 Å². The minimum atomic E-state index is 1.05. The van der Waals surface area contributed by atoms with Gasteiger partial charge in [-0.2, -0.15) is 5.10 Å². The monoisotopic (exact) mass is 269 g/mol. The van der Waals surface area contributed by atoms with Crippen molar-refractivity contribution in [2.75, 3.05) is 18.5 Å². The molecule has 0 saturated carbocycles. The summed E-state index contributed by atoms with van der Waals surface area (Å²) in [5, 5.41) is 4.56. The van der Waals surface area contributed by atoms with Gasteiger partial charge in [-0.25, -0.2) is 0 Å². The molecular weight excluding hydrogens is 246 g/mol. The second-order valence-electron chi connectivity index (χ2n) is 5.62. The molecule has 1 aromatic carbocycles. The fourth-order valence-corrected chi connectivity index (χ4v) is 2.96. The van der Waals surface area contributed by atoms with E-state index in [9.17, 15) is 0 Å².